The van der Waals surface area contributed by atoms with E-state index in [1.165, 1.54) is 19.2 Å². The van der Waals surface area contributed by atoms with E-state index in [2.05, 4.69) is 4.98 Å². The van der Waals surface area contributed by atoms with E-state index >= 15 is 0 Å². The maximum Gasteiger partial charge on any atom is 0.268 e. The molecule has 24 heavy (non-hydrogen) atoms. The van der Waals surface area contributed by atoms with Gasteiger partial charge in [-0.05, 0) is 18.2 Å². The van der Waals surface area contributed by atoms with Crippen LogP contribution in [0.2, 0.25) is 0 Å². The van der Waals surface area contributed by atoms with E-state index in [0.29, 0.717) is 5.75 Å². The van der Waals surface area contributed by atoms with E-state index in [1.54, 1.807) is 12.1 Å². The number of hydrogen-bond donors (Lipinski definition) is 2. The largest absolute Gasteiger partial charge is 0.497 e. The van der Waals surface area contributed by atoms with E-state index in [0.717, 1.165) is 0 Å². The summed E-state index contributed by atoms with van der Waals surface area (Å²) in [7, 11) is 1.44. The average molecular weight is 321 g/mol. The van der Waals surface area contributed by atoms with Crippen LogP contribution in [0.15, 0.2) is 23.0 Å². The molecule has 0 spiro atoms. The van der Waals surface area contributed by atoms with Crippen molar-refractivity contribution in [2.75, 3.05) is 19.5 Å². The van der Waals surface area contributed by atoms with Gasteiger partial charge >= 0.3 is 0 Å². The fraction of sp³-hybridized carbons (Fsp3) is 0.125. The summed E-state index contributed by atoms with van der Waals surface area (Å²) in [6.45, 7) is -0.248. The highest BCUT2D eigenvalue weighted by atomic mass is 16.5. The van der Waals surface area contributed by atoms with Crippen molar-refractivity contribution in [3.05, 3.63) is 39.7 Å². The van der Waals surface area contributed by atoms with E-state index < -0.39 is 5.56 Å². The number of aromatic amines is 1. The molecule has 0 amide bonds. The van der Waals surface area contributed by atoms with Crippen LogP contribution in [0.1, 0.15) is 11.1 Å². The minimum Gasteiger partial charge on any atom is -0.497 e. The van der Waals surface area contributed by atoms with Crippen LogP contribution in [-0.4, -0.2) is 18.7 Å². The van der Waals surface area contributed by atoms with Gasteiger partial charge in [0.05, 0.1) is 7.11 Å². The van der Waals surface area contributed by atoms with Gasteiger partial charge in [0, 0.05) is 11.1 Å². The molecule has 3 N–H and O–H groups in total. The lowest BCUT2D eigenvalue weighted by molar-refractivity contribution is 0.367. The van der Waals surface area contributed by atoms with Crippen molar-refractivity contribution in [3.63, 3.8) is 0 Å². The molecule has 0 saturated carbocycles. The lowest BCUT2D eigenvalue weighted by Gasteiger charge is -2.14. The van der Waals surface area contributed by atoms with Gasteiger partial charge in [-0.2, -0.15) is 15.8 Å². The number of nitrogens with two attached hydrogens (primary N) is 1. The number of methoxy groups -OCH3 is 1. The zero-order valence-corrected chi connectivity index (χ0v) is 12.6. The van der Waals surface area contributed by atoms with Crippen molar-refractivity contribution in [3.8, 4) is 40.8 Å². The van der Waals surface area contributed by atoms with Gasteiger partial charge in [-0.15, -0.1) is 0 Å². The maximum absolute atomic E-state index is 12.0. The molecule has 1 heterocycles. The lowest BCUT2D eigenvalue weighted by Crippen LogP contribution is -2.16. The van der Waals surface area contributed by atoms with Gasteiger partial charge in [0.25, 0.3) is 5.56 Å². The summed E-state index contributed by atoms with van der Waals surface area (Å²) in [5.41, 5.74) is 4.92. The summed E-state index contributed by atoms with van der Waals surface area (Å²) in [5.74, 6) is 0.474. The highest BCUT2D eigenvalue weighted by Crippen LogP contribution is 2.37. The Hall–Kier alpha value is -3.96. The summed E-state index contributed by atoms with van der Waals surface area (Å²) in [6.07, 6.45) is 0. The standard InChI is InChI=1S/C16H11N5O3/c1-23-9-2-3-13(24-5-4-17)10(6-9)14-11(7-18)15(20)21-16(22)12(14)8-19/h2-3,6H,5H2,1H3,(H3,20,21,22). The van der Waals surface area contributed by atoms with Crippen LogP contribution in [0.5, 0.6) is 11.5 Å². The van der Waals surface area contributed by atoms with Crippen molar-refractivity contribution in [2.24, 2.45) is 0 Å². The first-order valence-corrected chi connectivity index (χ1v) is 6.61. The Balaban J connectivity index is 2.90. The monoisotopic (exact) mass is 321 g/mol. The maximum atomic E-state index is 12.0. The van der Waals surface area contributed by atoms with Gasteiger partial charge in [0.15, 0.2) is 6.61 Å². The topological polar surface area (TPSA) is 149 Å². The first-order valence-electron chi connectivity index (χ1n) is 6.61. The van der Waals surface area contributed by atoms with Crippen LogP contribution < -0.4 is 20.8 Å². The molecule has 0 atom stereocenters. The molecular weight excluding hydrogens is 310 g/mol. The Bertz CT molecular complexity index is 973. The smallest absolute Gasteiger partial charge is 0.268 e. The van der Waals surface area contributed by atoms with E-state index in [9.17, 15) is 15.3 Å². The number of nitrogens with one attached hydrogen (secondary N) is 1. The molecule has 2 aromatic rings. The molecule has 0 radical (unpaired) electrons. The number of nitrogens with zero attached hydrogens (tertiary/aromatic N) is 3. The number of rotatable bonds is 4. The Labute approximate surface area is 136 Å². The predicted octanol–water partition coefficient (Wildman–Crippen LogP) is 1.28. The molecule has 0 aliphatic rings. The van der Waals surface area contributed by atoms with Crippen molar-refractivity contribution in [1.82, 2.24) is 4.98 Å². The summed E-state index contributed by atoms with van der Waals surface area (Å²) in [4.78, 5) is 14.3. The molecular formula is C16H11N5O3. The second-order valence-corrected chi connectivity index (χ2v) is 4.53. The minimum atomic E-state index is -0.724. The van der Waals surface area contributed by atoms with Gasteiger partial charge < -0.3 is 20.2 Å². The molecule has 0 saturated heterocycles. The van der Waals surface area contributed by atoms with Gasteiger partial charge in [-0.3, -0.25) is 4.79 Å². The van der Waals surface area contributed by atoms with Gasteiger partial charge in [0.1, 0.15) is 46.7 Å². The molecule has 118 valence electrons. The molecule has 2 rings (SSSR count). The predicted molar refractivity (Wildman–Crippen MR) is 84.0 cm³/mol. The highest BCUT2D eigenvalue weighted by molar-refractivity contribution is 5.84. The Kier molecular flexibility index (Phi) is 4.70. The molecule has 8 nitrogen and oxygen atoms in total. The van der Waals surface area contributed by atoms with Crippen molar-refractivity contribution >= 4 is 5.82 Å². The summed E-state index contributed by atoms with van der Waals surface area (Å²) in [5, 5.41) is 27.4. The molecule has 0 aliphatic carbocycles. The first kappa shape index (κ1) is 16.4. The molecule has 1 aromatic heterocycles. The fourth-order valence-corrected chi connectivity index (χ4v) is 2.18. The Morgan fingerprint density at radius 2 is 1.92 bits per heavy atom. The molecule has 0 unspecified atom stereocenters. The number of pyridine rings is 1. The third kappa shape index (κ3) is 2.83. The van der Waals surface area contributed by atoms with Crippen molar-refractivity contribution < 1.29 is 9.47 Å². The van der Waals surface area contributed by atoms with Crippen LogP contribution in [0.4, 0.5) is 5.82 Å². The van der Waals surface area contributed by atoms with Crippen LogP contribution in [0, 0.1) is 34.0 Å². The molecule has 0 aliphatic heterocycles. The Morgan fingerprint density at radius 3 is 2.50 bits per heavy atom. The average Bonchev–Trinajstić information content (AvgIpc) is 2.59. The molecule has 1 aromatic carbocycles. The van der Waals surface area contributed by atoms with E-state index in [1.807, 2.05) is 12.1 Å². The number of hydrogen-bond acceptors (Lipinski definition) is 7. The van der Waals surface area contributed by atoms with Crippen LogP contribution in [-0.2, 0) is 0 Å². The SMILES string of the molecule is COc1ccc(OCC#N)c(-c2c(C#N)c(N)[nH]c(=O)c2C#N)c1. The number of H-pyrrole nitrogens is 1. The van der Waals surface area contributed by atoms with Gasteiger partial charge in [-0.25, -0.2) is 0 Å². The number of aromatic nitrogens is 1. The Morgan fingerprint density at radius 1 is 1.21 bits per heavy atom. The van der Waals surface area contributed by atoms with E-state index in [4.69, 9.17) is 20.5 Å². The van der Waals surface area contributed by atoms with Crippen LogP contribution >= 0.6 is 0 Å². The number of benzene rings is 1. The molecule has 8 heteroatoms. The van der Waals surface area contributed by atoms with Crippen molar-refractivity contribution in [2.45, 2.75) is 0 Å². The third-order valence-corrected chi connectivity index (χ3v) is 3.22. The minimum absolute atomic E-state index is 0.0353. The normalized spacial score (nSPS) is 9.42. The number of anilines is 1. The van der Waals surface area contributed by atoms with E-state index in [-0.39, 0.29) is 40.4 Å². The van der Waals surface area contributed by atoms with Gasteiger partial charge in [0.2, 0.25) is 0 Å². The fourth-order valence-electron chi connectivity index (χ4n) is 2.18. The number of ether oxygens (including phenoxy) is 2. The summed E-state index contributed by atoms with van der Waals surface area (Å²) < 4.78 is 10.5. The zero-order chi connectivity index (χ0) is 17.7. The zero-order valence-electron chi connectivity index (χ0n) is 12.6. The lowest BCUT2D eigenvalue weighted by atomic mass is 9.95. The number of nitrogen functional groups attached to an aromatic ring is 1. The highest BCUT2D eigenvalue weighted by Gasteiger charge is 2.21. The third-order valence-electron chi connectivity index (χ3n) is 3.22. The summed E-state index contributed by atoms with van der Waals surface area (Å²) >= 11 is 0. The van der Waals surface area contributed by atoms with Crippen molar-refractivity contribution in [1.29, 1.82) is 15.8 Å². The molecule has 0 bridgehead atoms. The number of nitriles is 3. The van der Waals surface area contributed by atoms with Gasteiger partial charge in [-0.1, -0.05) is 0 Å². The first-order chi connectivity index (χ1) is 11.6. The quantitative estimate of drug-likeness (QED) is 0.861. The van der Waals surface area contributed by atoms with Crippen LogP contribution in [0.3, 0.4) is 0 Å². The second kappa shape index (κ2) is 6.87. The van der Waals surface area contributed by atoms with Crippen LogP contribution in [0.25, 0.3) is 11.1 Å². The summed E-state index contributed by atoms with van der Waals surface area (Å²) in [6, 6.07) is 10.1. The second-order valence-electron chi connectivity index (χ2n) is 4.53. The molecule has 0 fully saturated rings.